The van der Waals surface area contributed by atoms with Gasteiger partial charge >= 0.3 is 0 Å². The molecule has 1 heterocycles. The summed E-state index contributed by atoms with van der Waals surface area (Å²) in [6, 6.07) is 0.388. The molecule has 19 heavy (non-hydrogen) atoms. The lowest BCUT2D eigenvalue weighted by Gasteiger charge is -2.27. The Balaban J connectivity index is 2.03. The van der Waals surface area contributed by atoms with Crippen LogP contribution in [0.3, 0.4) is 0 Å². The van der Waals surface area contributed by atoms with Crippen molar-refractivity contribution < 1.29 is 0 Å². The summed E-state index contributed by atoms with van der Waals surface area (Å²) in [4.78, 5) is 9.05. The quantitative estimate of drug-likeness (QED) is 0.343. The zero-order valence-corrected chi connectivity index (χ0v) is 12.5. The molecular weight excluding hydrogens is 258 g/mol. The number of aromatic nitrogens is 1. The maximum atomic E-state index is 5.59. The molecule has 1 aliphatic carbocycles. The first-order valence-corrected chi connectivity index (χ1v) is 7.72. The van der Waals surface area contributed by atoms with Gasteiger partial charge in [0.25, 0.3) is 0 Å². The third-order valence-corrected chi connectivity index (χ3v) is 4.52. The summed E-state index contributed by atoms with van der Waals surface area (Å²) < 4.78 is 0. The van der Waals surface area contributed by atoms with Gasteiger partial charge in [-0.05, 0) is 26.7 Å². The van der Waals surface area contributed by atoms with Crippen molar-refractivity contribution >= 4 is 17.3 Å². The minimum atomic E-state index is -0.270. The minimum absolute atomic E-state index is 0.270. The van der Waals surface area contributed by atoms with Gasteiger partial charge in [0.05, 0.1) is 11.6 Å². The number of hydrazine groups is 1. The average Bonchev–Trinajstić information content (AvgIpc) is 2.93. The van der Waals surface area contributed by atoms with Crippen molar-refractivity contribution in [1.82, 2.24) is 15.7 Å². The van der Waals surface area contributed by atoms with E-state index in [9.17, 15) is 0 Å². The summed E-state index contributed by atoms with van der Waals surface area (Å²) in [6.07, 6.45) is 7.99. The van der Waals surface area contributed by atoms with Crippen LogP contribution in [-0.4, -0.2) is 17.0 Å². The number of nitrogens with two attached hydrogens (primary N) is 1. The Bertz CT molecular complexity index is 407. The third kappa shape index (κ3) is 3.91. The predicted molar refractivity (Wildman–Crippen MR) is 79.9 cm³/mol. The molecule has 0 bridgehead atoms. The zero-order valence-electron chi connectivity index (χ0n) is 11.6. The smallest absolute Gasteiger partial charge is 0.206 e. The molecule has 1 aromatic rings. The first kappa shape index (κ1) is 14.3. The maximum Gasteiger partial charge on any atom is 0.206 e. The highest BCUT2D eigenvalue weighted by atomic mass is 32.1. The highest BCUT2D eigenvalue weighted by Gasteiger charge is 2.25. The lowest BCUT2D eigenvalue weighted by atomic mass is 9.96. The second-order valence-electron chi connectivity index (χ2n) is 5.50. The number of rotatable bonds is 3. The van der Waals surface area contributed by atoms with Crippen LogP contribution in [0.25, 0.3) is 0 Å². The second-order valence-corrected chi connectivity index (χ2v) is 6.40. The Hall–Kier alpha value is -1.14. The van der Waals surface area contributed by atoms with Gasteiger partial charge in [-0.3, -0.25) is 5.43 Å². The van der Waals surface area contributed by atoms with Gasteiger partial charge in [0.15, 0.2) is 0 Å². The fourth-order valence-corrected chi connectivity index (χ4v) is 3.10. The van der Waals surface area contributed by atoms with E-state index in [1.807, 2.05) is 11.6 Å². The molecule has 6 heteroatoms. The summed E-state index contributed by atoms with van der Waals surface area (Å²) in [5.41, 5.74) is 2.41. The van der Waals surface area contributed by atoms with E-state index in [1.54, 1.807) is 11.3 Å². The first-order valence-electron chi connectivity index (χ1n) is 6.84. The monoisotopic (exact) mass is 281 g/mol. The normalized spacial score (nSPS) is 18.4. The lowest BCUT2D eigenvalue weighted by Crippen LogP contribution is -2.50. The summed E-state index contributed by atoms with van der Waals surface area (Å²) >= 11 is 1.63. The Morgan fingerprint density at radius 2 is 2.16 bits per heavy atom. The highest BCUT2D eigenvalue weighted by Crippen LogP contribution is 2.23. The molecular formula is C13H23N5S. The molecule has 4 N–H and O–H groups in total. The van der Waals surface area contributed by atoms with Crippen LogP contribution in [0.5, 0.6) is 0 Å². The fourth-order valence-electron chi connectivity index (χ4n) is 2.38. The van der Waals surface area contributed by atoms with Crippen molar-refractivity contribution in [3.8, 4) is 0 Å². The highest BCUT2D eigenvalue weighted by molar-refractivity contribution is 7.09. The Labute approximate surface area is 118 Å². The largest absolute Gasteiger partial charge is 0.344 e. The van der Waals surface area contributed by atoms with Gasteiger partial charge in [-0.2, -0.15) is 0 Å². The first-order chi connectivity index (χ1) is 9.12. The summed E-state index contributed by atoms with van der Waals surface area (Å²) in [6.45, 7) is 4.17. The number of nitrogens with one attached hydrogen (secondary N) is 2. The molecule has 1 saturated carbocycles. The van der Waals surface area contributed by atoms with Crippen LogP contribution < -0.4 is 16.6 Å². The Morgan fingerprint density at radius 3 is 2.74 bits per heavy atom. The molecule has 1 aromatic heterocycles. The summed E-state index contributed by atoms with van der Waals surface area (Å²) in [7, 11) is 0. The van der Waals surface area contributed by atoms with Crippen LogP contribution in [0, 0.1) is 0 Å². The van der Waals surface area contributed by atoms with Crippen LogP contribution in [0.1, 0.15) is 51.0 Å². The molecule has 0 amide bonds. The van der Waals surface area contributed by atoms with Crippen LogP contribution in [-0.2, 0) is 5.54 Å². The molecule has 5 nitrogen and oxygen atoms in total. The van der Waals surface area contributed by atoms with E-state index in [4.69, 9.17) is 10.8 Å². The van der Waals surface area contributed by atoms with Crippen molar-refractivity contribution in [2.24, 2.45) is 10.8 Å². The number of aliphatic imine (C=N–C) groups is 1. The molecule has 0 aliphatic heterocycles. The summed E-state index contributed by atoms with van der Waals surface area (Å²) in [5, 5.41) is 6.36. The van der Waals surface area contributed by atoms with Gasteiger partial charge in [-0.1, -0.05) is 19.3 Å². The molecule has 0 aromatic carbocycles. The third-order valence-electron chi connectivity index (χ3n) is 3.42. The molecule has 0 saturated heterocycles. The van der Waals surface area contributed by atoms with Crippen LogP contribution >= 0.6 is 11.3 Å². The van der Waals surface area contributed by atoms with Crippen molar-refractivity contribution in [3.05, 3.63) is 16.6 Å². The molecule has 1 fully saturated rings. The van der Waals surface area contributed by atoms with E-state index >= 15 is 0 Å². The van der Waals surface area contributed by atoms with Crippen molar-refractivity contribution in [2.45, 2.75) is 57.5 Å². The molecule has 1 aliphatic rings. The van der Waals surface area contributed by atoms with E-state index in [2.05, 4.69) is 29.6 Å². The maximum absolute atomic E-state index is 5.59. The molecule has 0 atom stereocenters. The number of hydrogen-bond acceptors (Lipinski definition) is 4. The van der Waals surface area contributed by atoms with Gasteiger partial charge in [0.1, 0.15) is 5.01 Å². The van der Waals surface area contributed by atoms with Crippen molar-refractivity contribution in [1.29, 1.82) is 0 Å². The molecule has 106 valence electrons. The van der Waals surface area contributed by atoms with E-state index in [0.717, 1.165) is 17.8 Å². The van der Waals surface area contributed by atoms with Crippen molar-refractivity contribution in [2.75, 3.05) is 0 Å². The van der Waals surface area contributed by atoms with E-state index in [1.165, 1.54) is 19.3 Å². The van der Waals surface area contributed by atoms with Crippen LogP contribution in [0.15, 0.2) is 16.6 Å². The van der Waals surface area contributed by atoms with Gasteiger partial charge in [-0.15, -0.1) is 11.3 Å². The second kappa shape index (κ2) is 6.34. The number of guanidine groups is 1. The Morgan fingerprint density at radius 1 is 1.42 bits per heavy atom. The van der Waals surface area contributed by atoms with E-state index in [0.29, 0.717) is 12.0 Å². The molecule has 0 radical (unpaired) electrons. The van der Waals surface area contributed by atoms with Crippen molar-refractivity contribution in [3.63, 3.8) is 0 Å². The zero-order chi connectivity index (χ0) is 13.7. The van der Waals surface area contributed by atoms with Gasteiger partial charge in [0.2, 0.25) is 5.96 Å². The average molecular weight is 281 g/mol. The summed E-state index contributed by atoms with van der Waals surface area (Å²) in [5.74, 6) is 6.25. The molecule has 0 unspecified atom stereocenters. The predicted octanol–water partition coefficient (Wildman–Crippen LogP) is 2.12. The van der Waals surface area contributed by atoms with Gasteiger partial charge < -0.3 is 5.32 Å². The minimum Gasteiger partial charge on any atom is -0.344 e. The number of hydrogen-bond donors (Lipinski definition) is 3. The van der Waals surface area contributed by atoms with E-state index < -0.39 is 0 Å². The number of thiazole rings is 1. The molecule has 2 rings (SSSR count). The standard InChI is InChI=1S/C13H23N5S/c1-13(2,11-15-8-9-19-11)17-12(18-14)16-10-6-4-3-5-7-10/h8-10H,3-7,14H2,1-2H3,(H2,16,17,18). The SMILES string of the molecule is CC(C)(NC(=NC1CCCCC1)NN)c1nccs1. The fraction of sp³-hybridized carbons (Fsp3) is 0.692. The van der Waals surface area contributed by atoms with Crippen LogP contribution in [0.4, 0.5) is 0 Å². The lowest BCUT2D eigenvalue weighted by molar-refractivity contribution is 0.432. The van der Waals surface area contributed by atoms with Gasteiger partial charge in [-0.25, -0.2) is 15.8 Å². The van der Waals surface area contributed by atoms with Gasteiger partial charge in [0, 0.05) is 11.6 Å². The van der Waals surface area contributed by atoms with Crippen LogP contribution in [0.2, 0.25) is 0 Å². The number of nitrogens with zero attached hydrogens (tertiary/aromatic N) is 2. The topological polar surface area (TPSA) is 75.3 Å². The Kier molecular flexibility index (Phi) is 4.76. The molecule has 0 spiro atoms. The van der Waals surface area contributed by atoms with E-state index in [-0.39, 0.29) is 5.54 Å².